The van der Waals surface area contributed by atoms with Crippen LogP contribution in [0.1, 0.15) is 46.4 Å². The third-order valence-electron chi connectivity index (χ3n) is 7.42. The topological polar surface area (TPSA) is 63.7 Å². The van der Waals surface area contributed by atoms with Gasteiger partial charge in [-0.15, -0.1) is 0 Å². The number of hydrogen-bond donors (Lipinski definition) is 1. The van der Waals surface area contributed by atoms with E-state index in [4.69, 9.17) is 9.47 Å². The van der Waals surface area contributed by atoms with Crippen molar-refractivity contribution in [2.24, 2.45) is 0 Å². The van der Waals surface area contributed by atoms with E-state index < -0.39 is 12.4 Å². The summed E-state index contributed by atoms with van der Waals surface area (Å²) in [5, 5.41) is 4.22. The molecule has 1 unspecified atom stereocenters. The third kappa shape index (κ3) is 4.64. The van der Waals surface area contributed by atoms with Crippen molar-refractivity contribution < 1.29 is 18.7 Å². The monoisotopic (exact) mass is 493 g/mol. The Morgan fingerprint density at radius 1 is 1.23 bits per heavy atom. The number of amides is 1. The fraction of sp³-hybridized carbons (Fsp3) is 0.407. The fourth-order valence-electron chi connectivity index (χ4n) is 5.07. The molecule has 6 nitrogen and oxygen atoms in total. The molecule has 1 aromatic heterocycles. The average Bonchev–Trinajstić information content (AvgIpc) is 3.59. The number of ether oxygens (including phenoxy) is 2. The zero-order valence-electron chi connectivity index (χ0n) is 20.7. The van der Waals surface area contributed by atoms with E-state index >= 15 is 0 Å². The van der Waals surface area contributed by atoms with E-state index in [1.807, 2.05) is 50.2 Å². The number of carbonyl (C=O) groups excluding carboxylic acids is 1. The van der Waals surface area contributed by atoms with Gasteiger partial charge in [-0.1, -0.05) is 12.1 Å². The van der Waals surface area contributed by atoms with Gasteiger partial charge in [0.2, 0.25) is 6.86 Å². The highest BCUT2D eigenvalue weighted by molar-refractivity contribution is 6.11. The number of aryl methyl sites for hydroxylation is 2. The van der Waals surface area contributed by atoms with Crippen molar-refractivity contribution in [3.8, 4) is 11.5 Å². The van der Waals surface area contributed by atoms with Gasteiger partial charge in [-0.05, 0) is 82.1 Å². The maximum atomic E-state index is 13.5. The first-order valence-electron chi connectivity index (χ1n) is 12.2. The second kappa shape index (κ2) is 9.24. The van der Waals surface area contributed by atoms with E-state index in [1.165, 1.54) is 0 Å². The van der Waals surface area contributed by atoms with Crippen LogP contribution in [0.25, 0.3) is 10.9 Å². The number of nitrogens with one attached hydrogen (secondary N) is 1. The summed E-state index contributed by atoms with van der Waals surface area (Å²) in [4.78, 5) is 20.4. The molecule has 0 radical (unpaired) electrons. The summed E-state index contributed by atoms with van der Waals surface area (Å²) in [7, 11) is 3.04. The predicted octanol–water partition coefficient (Wildman–Crippen LogP) is 3.35. The second-order valence-electron chi connectivity index (χ2n) is 9.92. The van der Waals surface area contributed by atoms with Crippen LogP contribution >= 0.6 is 0 Å². The molecule has 2 fully saturated rings. The number of likely N-dealkylation sites (N-methyl/N-ethyl adjacent to an activating group) is 1. The molecule has 35 heavy (non-hydrogen) atoms. The highest BCUT2D eigenvalue weighted by Crippen LogP contribution is 2.49. The van der Waals surface area contributed by atoms with Crippen LogP contribution in [-0.4, -0.2) is 58.3 Å². The van der Waals surface area contributed by atoms with Crippen molar-refractivity contribution in [1.29, 1.82) is 0 Å². The van der Waals surface area contributed by atoms with Crippen molar-refractivity contribution in [1.82, 2.24) is 15.2 Å². The maximum absolute atomic E-state index is 13.5. The van der Waals surface area contributed by atoms with E-state index in [9.17, 15) is 9.18 Å². The number of alkyl halides is 1. The zero-order chi connectivity index (χ0) is 24.7. The molecule has 1 amide bonds. The van der Waals surface area contributed by atoms with Gasteiger partial charge in [0.15, 0.2) is 0 Å². The first-order valence-corrected chi connectivity index (χ1v) is 13.4. The van der Waals surface area contributed by atoms with Crippen LogP contribution in [-0.2, 0) is 5.54 Å². The lowest BCUT2D eigenvalue weighted by Crippen LogP contribution is -2.53. The standard InChI is InChI=1S/C27H32FN3O3Si/c1-16-4-6-18(34-26(35)24-8-11-31(24)3)12-21(16)25(32)30-27(9-10-27)22-13-19(33-15-28)14-23-20(22)7-5-17(2)29-23/h4-7,12-14,24,26H,8-11,15H2,1-3,35H3,(H,30,32)/t24-,26?/m0/s1. The van der Waals surface area contributed by atoms with Gasteiger partial charge in [0.25, 0.3) is 5.91 Å². The number of likely N-dealkylation sites (tertiary alicyclic amines) is 1. The molecular formula is C27H32FN3O3Si. The molecule has 0 spiro atoms. The summed E-state index contributed by atoms with van der Waals surface area (Å²) in [6, 6.07) is 13.8. The molecule has 3 aromatic rings. The van der Waals surface area contributed by atoms with Crippen LogP contribution in [0.3, 0.4) is 0 Å². The van der Waals surface area contributed by atoms with Crippen molar-refractivity contribution >= 4 is 27.1 Å². The van der Waals surface area contributed by atoms with Gasteiger partial charge in [0, 0.05) is 28.8 Å². The number of fused-ring (bicyclic) bond motifs is 1. The molecule has 2 atom stereocenters. The highest BCUT2D eigenvalue weighted by Gasteiger charge is 2.47. The van der Waals surface area contributed by atoms with Gasteiger partial charge in [0.1, 0.15) is 11.5 Å². The number of halogens is 1. The zero-order valence-corrected chi connectivity index (χ0v) is 22.7. The van der Waals surface area contributed by atoms with Gasteiger partial charge in [0.05, 0.1) is 27.0 Å². The molecule has 0 bridgehead atoms. The first kappa shape index (κ1) is 23.8. The highest BCUT2D eigenvalue weighted by atomic mass is 28.1. The number of nitrogens with zero attached hydrogens (tertiary/aromatic N) is 2. The number of rotatable bonds is 8. The second-order valence-corrected chi connectivity index (χ2v) is 11.1. The molecule has 1 N–H and O–H groups in total. The van der Waals surface area contributed by atoms with Crippen LogP contribution in [0, 0.1) is 13.8 Å². The Balaban J connectivity index is 1.42. The summed E-state index contributed by atoms with van der Waals surface area (Å²) in [6.07, 6.45) is 2.75. The summed E-state index contributed by atoms with van der Waals surface area (Å²) in [6.45, 7) is 4.05. The number of aromatic nitrogens is 1. The Kier molecular flexibility index (Phi) is 6.27. The minimum absolute atomic E-state index is 0.138. The maximum Gasteiger partial charge on any atom is 0.252 e. The predicted molar refractivity (Wildman–Crippen MR) is 138 cm³/mol. The van der Waals surface area contributed by atoms with Gasteiger partial charge in [-0.25, -0.2) is 4.39 Å². The summed E-state index contributed by atoms with van der Waals surface area (Å²) in [5.74, 6) is 1.01. The summed E-state index contributed by atoms with van der Waals surface area (Å²) < 4.78 is 24.4. The average molecular weight is 494 g/mol. The lowest BCUT2D eigenvalue weighted by atomic mass is 9.97. The number of benzene rings is 2. The Hall–Kier alpha value is -2.97. The van der Waals surface area contributed by atoms with Gasteiger partial charge >= 0.3 is 0 Å². The van der Waals surface area contributed by atoms with Crippen molar-refractivity contribution in [3.63, 3.8) is 0 Å². The first-order chi connectivity index (χ1) is 16.8. The van der Waals surface area contributed by atoms with Crippen molar-refractivity contribution in [3.05, 3.63) is 64.8 Å². The van der Waals surface area contributed by atoms with Crippen LogP contribution in [0.2, 0.25) is 0 Å². The van der Waals surface area contributed by atoms with E-state index in [0.29, 0.717) is 17.4 Å². The van der Waals surface area contributed by atoms with Gasteiger partial charge < -0.3 is 19.7 Å². The fourth-order valence-corrected chi connectivity index (χ4v) is 6.18. The van der Waals surface area contributed by atoms with E-state index in [1.54, 1.807) is 6.07 Å². The molecule has 2 aromatic carbocycles. The minimum atomic E-state index is -0.917. The summed E-state index contributed by atoms with van der Waals surface area (Å²) >= 11 is 0. The van der Waals surface area contributed by atoms with Crippen LogP contribution in [0.4, 0.5) is 4.39 Å². The SMILES string of the molecule is Cc1ccc2c(C3(NC(=O)c4cc(OC([SiH3])[C@@H]5CCN5C)ccc4C)CC3)cc(OCF)cc2n1. The molecule has 1 aliphatic carbocycles. The van der Waals surface area contributed by atoms with Crippen molar-refractivity contribution in [2.75, 3.05) is 20.5 Å². The van der Waals surface area contributed by atoms with Crippen LogP contribution < -0.4 is 14.8 Å². The van der Waals surface area contributed by atoms with E-state index in [-0.39, 0.29) is 11.6 Å². The van der Waals surface area contributed by atoms with Crippen molar-refractivity contribution in [2.45, 2.75) is 50.4 Å². The molecular weight excluding hydrogens is 461 g/mol. The van der Waals surface area contributed by atoms with Crippen LogP contribution in [0.5, 0.6) is 11.5 Å². The van der Waals surface area contributed by atoms with Crippen LogP contribution in [0.15, 0.2) is 42.5 Å². The lowest BCUT2D eigenvalue weighted by molar-refractivity contribution is 0.0562. The molecule has 1 saturated heterocycles. The number of carbonyl (C=O) groups is 1. The van der Waals surface area contributed by atoms with E-state index in [0.717, 1.165) is 69.5 Å². The lowest BCUT2D eigenvalue weighted by Gasteiger charge is -2.41. The smallest absolute Gasteiger partial charge is 0.252 e. The molecule has 5 rings (SSSR count). The Labute approximate surface area is 208 Å². The normalized spacial score (nSPS) is 19.7. The van der Waals surface area contributed by atoms with Gasteiger partial charge in [-0.3, -0.25) is 9.78 Å². The Morgan fingerprint density at radius 3 is 2.69 bits per heavy atom. The molecule has 2 aliphatic rings. The van der Waals surface area contributed by atoms with E-state index in [2.05, 4.69) is 22.2 Å². The number of pyridine rings is 1. The molecule has 1 aliphatic heterocycles. The van der Waals surface area contributed by atoms with Gasteiger partial charge in [-0.2, -0.15) is 0 Å². The third-order valence-corrected chi connectivity index (χ3v) is 8.43. The quantitative estimate of drug-likeness (QED) is 0.488. The molecule has 8 heteroatoms. The molecule has 2 heterocycles. The summed E-state index contributed by atoms with van der Waals surface area (Å²) in [5.41, 5.74) is 3.68. The largest absolute Gasteiger partial charge is 0.494 e. The minimum Gasteiger partial charge on any atom is -0.494 e. The Morgan fingerprint density at radius 2 is 2.03 bits per heavy atom. The Bertz CT molecular complexity index is 1280. The number of hydrogen-bond acceptors (Lipinski definition) is 5. The molecule has 184 valence electrons. The molecule has 1 saturated carbocycles.